The molecule has 3 aromatic rings. The second-order valence-corrected chi connectivity index (χ2v) is 4.79. The van der Waals surface area contributed by atoms with Crippen LogP contribution in [0.3, 0.4) is 0 Å². The van der Waals surface area contributed by atoms with Crippen molar-refractivity contribution in [3.8, 4) is 0 Å². The highest BCUT2D eigenvalue weighted by molar-refractivity contribution is 7.72. The summed E-state index contributed by atoms with van der Waals surface area (Å²) in [5.74, 6) is 0. The van der Waals surface area contributed by atoms with E-state index in [0.717, 1.165) is 32.1 Å². The van der Waals surface area contributed by atoms with Gasteiger partial charge < -0.3 is 9.32 Å². The Morgan fingerprint density at radius 1 is 1.11 bits per heavy atom. The zero-order valence-electron chi connectivity index (χ0n) is 10.2. The average molecular weight is 256 g/mol. The molecule has 0 atom stereocenters. The van der Waals surface area contributed by atoms with Crippen molar-refractivity contribution in [3.05, 3.63) is 41.2 Å². The Morgan fingerprint density at radius 3 is 2.67 bits per heavy atom. The van der Waals surface area contributed by atoms with Crippen LogP contribution < -0.4 is 4.90 Å². The van der Waals surface area contributed by atoms with Crippen LogP contribution in [0.4, 0.5) is 5.69 Å². The van der Waals surface area contributed by atoms with Gasteiger partial charge in [-0.05, 0) is 18.2 Å². The summed E-state index contributed by atoms with van der Waals surface area (Å²) in [6.07, 6.45) is 3.43. The quantitative estimate of drug-likeness (QED) is 0.489. The average Bonchev–Trinajstić information content (AvgIpc) is 2.38. The zero-order chi connectivity index (χ0) is 12.7. The Bertz CT molecular complexity index is 793. The van der Waals surface area contributed by atoms with E-state index in [1.807, 2.05) is 43.3 Å². The van der Waals surface area contributed by atoms with Gasteiger partial charge in [0.1, 0.15) is 5.58 Å². The van der Waals surface area contributed by atoms with Gasteiger partial charge in [-0.3, -0.25) is 4.98 Å². The van der Waals surface area contributed by atoms with Crippen molar-refractivity contribution in [2.75, 3.05) is 19.0 Å². The van der Waals surface area contributed by atoms with Crippen molar-refractivity contribution in [1.82, 2.24) is 4.98 Å². The summed E-state index contributed by atoms with van der Waals surface area (Å²) in [6.45, 7) is 0. The number of rotatable bonds is 1. The fourth-order valence-electron chi connectivity index (χ4n) is 1.97. The Kier molecular flexibility index (Phi) is 2.52. The topological polar surface area (TPSA) is 29.3 Å². The van der Waals surface area contributed by atoms with Gasteiger partial charge in [0.25, 0.3) is 0 Å². The number of nitrogens with zero attached hydrogens (tertiary/aromatic N) is 2. The lowest BCUT2D eigenvalue weighted by Gasteiger charge is -2.12. The SMILES string of the molecule is CN(C)c1ccc2c(=S)c3ccncc3oc2c1. The standard InChI is InChI=1S/C14H12N2OS/c1-16(2)9-3-4-10-12(7-9)17-13-8-15-6-5-11(13)14(10)18/h3-8H,1-2H3. The largest absolute Gasteiger partial charge is 0.454 e. The highest BCUT2D eigenvalue weighted by Gasteiger charge is 2.06. The lowest BCUT2D eigenvalue weighted by Crippen LogP contribution is -2.08. The lowest BCUT2D eigenvalue weighted by molar-refractivity contribution is 0.658. The predicted octanol–water partition coefficient (Wildman–Crippen LogP) is 3.78. The highest BCUT2D eigenvalue weighted by Crippen LogP contribution is 2.27. The minimum atomic E-state index is 0.728. The van der Waals surface area contributed by atoms with Crippen LogP contribution in [0.2, 0.25) is 0 Å². The maximum atomic E-state index is 5.86. The Balaban J connectivity index is 2.44. The van der Waals surface area contributed by atoms with E-state index in [1.165, 1.54) is 0 Å². The number of anilines is 1. The Hall–Kier alpha value is -1.94. The fraction of sp³-hybridized carbons (Fsp3) is 0.143. The molecule has 0 aliphatic carbocycles. The van der Waals surface area contributed by atoms with E-state index in [2.05, 4.69) is 4.98 Å². The van der Waals surface area contributed by atoms with E-state index < -0.39 is 0 Å². The zero-order valence-corrected chi connectivity index (χ0v) is 11.0. The van der Waals surface area contributed by atoms with Crippen molar-refractivity contribution < 1.29 is 4.42 Å². The molecule has 0 aliphatic rings. The maximum Gasteiger partial charge on any atom is 0.154 e. The Labute approximate surface area is 110 Å². The molecule has 0 unspecified atom stereocenters. The third-order valence-corrected chi connectivity index (χ3v) is 3.42. The highest BCUT2D eigenvalue weighted by atomic mass is 32.1. The van der Waals surface area contributed by atoms with Crippen LogP contribution in [0.15, 0.2) is 41.1 Å². The summed E-state index contributed by atoms with van der Waals surface area (Å²) in [5, 5.41) is 1.90. The van der Waals surface area contributed by atoms with E-state index >= 15 is 0 Å². The van der Waals surface area contributed by atoms with Crippen LogP contribution in [0.5, 0.6) is 0 Å². The van der Waals surface area contributed by atoms with Crippen LogP contribution in [-0.2, 0) is 0 Å². The molecular weight excluding hydrogens is 244 g/mol. The van der Waals surface area contributed by atoms with Crippen molar-refractivity contribution in [2.24, 2.45) is 0 Å². The van der Waals surface area contributed by atoms with E-state index in [4.69, 9.17) is 16.6 Å². The molecule has 1 aromatic carbocycles. The molecule has 0 spiro atoms. The number of aromatic nitrogens is 1. The minimum Gasteiger partial charge on any atom is -0.454 e. The van der Waals surface area contributed by atoms with Gasteiger partial charge in [0, 0.05) is 42.8 Å². The van der Waals surface area contributed by atoms with Gasteiger partial charge in [-0.2, -0.15) is 0 Å². The van der Waals surface area contributed by atoms with E-state index in [1.54, 1.807) is 12.4 Å². The molecule has 18 heavy (non-hydrogen) atoms. The molecule has 3 rings (SSSR count). The van der Waals surface area contributed by atoms with E-state index in [0.29, 0.717) is 0 Å². The van der Waals surface area contributed by atoms with Crippen molar-refractivity contribution in [3.63, 3.8) is 0 Å². The lowest BCUT2D eigenvalue weighted by atomic mass is 10.1. The van der Waals surface area contributed by atoms with Crippen molar-refractivity contribution in [1.29, 1.82) is 0 Å². The first kappa shape index (κ1) is 11.2. The van der Waals surface area contributed by atoms with Gasteiger partial charge in [-0.15, -0.1) is 0 Å². The minimum absolute atomic E-state index is 0.728. The number of benzene rings is 1. The molecule has 90 valence electrons. The monoisotopic (exact) mass is 256 g/mol. The van der Waals surface area contributed by atoms with Crippen LogP contribution in [0, 0.1) is 4.51 Å². The molecule has 2 aromatic heterocycles. The summed E-state index contributed by atoms with van der Waals surface area (Å²) in [6, 6.07) is 7.94. The second-order valence-electron chi connectivity index (χ2n) is 4.38. The molecule has 4 heteroatoms. The molecular formula is C14H12N2OS. The summed E-state index contributed by atoms with van der Waals surface area (Å²) in [5.41, 5.74) is 2.61. The third-order valence-electron chi connectivity index (χ3n) is 2.98. The van der Waals surface area contributed by atoms with Gasteiger partial charge in [-0.25, -0.2) is 0 Å². The smallest absolute Gasteiger partial charge is 0.154 e. The second kappa shape index (κ2) is 4.07. The molecule has 2 heterocycles. The van der Waals surface area contributed by atoms with Crippen LogP contribution in [-0.4, -0.2) is 19.1 Å². The summed E-state index contributed by atoms with van der Waals surface area (Å²) in [7, 11) is 4.00. The van der Waals surface area contributed by atoms with Gasteiger partial charge in [0.15, 0.2) is 5.58 Å². The van der Waals surface area contributed by atoms with Gasteiger partial charge in [-0.1, -0.05) is 12.2 Å². The van der Waals surface area contributed by atoms with Crippen LogP contribution >= 0.6 is 12.2 Å². The maximum absolute atomic E-state index is 5.86. The summed E-state index contributed by atoms with van der Waals surface area (Å²) >= 11 is 5.50. The summed E-state index contributed by atoms with van der Waals surface area (Å²) < 4.78 is 6.68. The van der Waals surface area contributed by atoms with Gasteiger partial charge in [0.05, 0.1) is 10.7 Å². The fourth-order valence-corrected chi connectivity index (χ4v) is 2.31. The first-order valence-corrected chi connectivity index (χ1v) is 6.05. The molecule has 0 saturated heterocycles. The predicted molar refractivity (Wildman–Crippen MR) is 76.7 cm³/mol. The molecule has 0 N–H and O–H groups in total. The summed E-state index contributed by atoms with van der Waals surface area (Å²) in [4.78, 5) is 6.10. The third kappa shape index (κ3) is 1.66. The number of pyridine rings is 1. The number of hydrogen-bond acceptors (Lipinski definition) is 4. The first-order valence-electron chi connectivity index (χ1n) is 5.65. The van der Waals surface area contributed by atoms with Gasteiger partial charge >= 0.3 is 0 Å². The van der Waals surface area contributed by atoms with Crippen molar-refractivity contribution >= 4 is 39.8 Å². The molecule has 0 saturated carbocycles. The first-order chi connectivity index (χ1) is 8.66. The molecule has 0 amide bonds. The van der Waals surface area contributed by atoms with E-state index in [9.17, 15) is 0 Å². The number of hydrogen-bond donors (Lipinski definition) is 0. The van der Waals surface area contributed by atoms with Gasteiger partial charge in [0.2, 0.25) is 0 Å². The van der Waals surface area contributed by atoms with Crippen LogP contribution in [0.1, 0.15) is 0 Å². The molecule has 3 nitrogen and oxygen atoms in total. The molecule has 0 bridgehead atoms. The molecule has 0 aliphatic heterocycles. The van der Waals surface area contributed by atoms with E-state index in [-0.39, 0.29) is 0 Å². The van der Waals surface area contributed by atoms with Crippen LogP contribution in [0.25, 0.3) is 21.9 Å². The Morgan fingerprint density at radius 2 is 1.89 bits per heavy atom. The normalized spacial score (nSPS) is 11.0. The number of fused-ring (bicyclic) bond motifs is 2. The van der Waals surface area contributed by atoms with Crippen molar-refractivity contribution in [2.45, 2.75) is 0 Å². The molecule has 0 fully saturated rings. The molecule has 0 radical (unpaired) electrons.